The summed E-state index contributed by atoms with van der Waals surface area (Å²) in [7, 11) is 2.14. The number of hydrogen-bond acceptors (Lipinski definition) is 3. The summed E-state index contributed by atoms with van der Waals surface area (Å²) in [5, 5.41) is 3.39. The van der Waals surface area contributed by atoms with Gasteiger partial charge in [-0.1, -0.05) is 0 Å². The number of nitrogens with zero attached hydrogens (tertiary/aromatic N) is 2. The van der Waals surface area contributed by atoms with Gasteiger partial charge in [0, 0.05) is 19.6 Å². The molecule has 0 unspecified atom stereocenters. The molecule has 2 aliphatic heterocycles. The summed E-state index contributed by atoms with van der Waals surface area (Å²) in [6, 6.07) is 0. The van der Waals surface area contributed by atoms with Gasteiger partial charge in [-0.2, -0.15) is 0 Å². The highest BCUT2D eigenvalue weighted by atomic mass is 16.2. The first-order valence-electron chi connectivity index (χ1n) is 5.42. The third-order valence-electron chi connectivity index (χ3n) is 3.52. The maximum atomic E-state index is 11.6. The molecule has 0 aliphatic carbocycles. The monoisotopic (exact) mass is 197 g/mol. The summed E-state index contributed by atoms with van der Waals surface area (Å²) in [5.41, 5.74) is -0.0155. The molecule has 0 atom stereocenters. The van der Waals surface area contributed by atoms with Crippen molar-refractivity contribution in [1.29, 1.82) is 0 Å². The van der Waals surface area contributed by atoms with Gasteiger partial charge in [-0.3, -0.25) is 10.1 Å². The van der Waals surface area contributed by atoms with Gasteiger partial charge in [0.25, 0.3) is 0 Å². The summed E-state index contributed by atoms with van der Waals surface area (Å²) in [6.45, 7) is 5.58. The number of hydrogen-bond donors (Lipinski definition) is 1. The third-order valence-corrected chi connectivity index (χ3v) is 3.52. The summed E-state index contributed by atoms with van der Waals surface area (Å²) in [4.78, 5) is 15.9. The van der Waals surface area contributed by atoms with Gasteiger partial charge in [0.05, 0.1) is 12.2 Å². The van der Waals surface area contributed by atoms with Crippen LogP contribution in [-0.4, -0.2) is 54.6 Å². The molecular formula is C10H19N3O. The Bertz CT molecular complexity index is 234. The molecule has 2 rings (SSSR count). The van der Waals surface area contributed by atoms with E-state index in [0.29, 0.717) is 6.54 Å². The predicted molar refractivity (Wildman–Crippen MR) is 54.9 cm³/mol. The van der Waals surface area contributed by atoms with Gasteiger partial charge in [0.1, 0.15) is 0 Å². The number of nitrogens with one attached hydrogen (secondary N) is 1. The van der Waals surface area contributed by atoms with Crippen molar-refractivity contribution < 1.29 is 4.79 Å². The van der Waals surface area contributed by atoms with E-state index in [0.717, 1.165) is 32.5 Å². The molecule has 2 heterocycles. The first kappa shape index (κ1) is 9.93. The Kier molecular flexibility index (Phi) is 2.49. The maximum Gasteiger partial charge on any atom is 0.238 e. The molecule has 2 fully saturated rings. The van der Waals surface area contributed by atoms with Gasteiger partial charge in [-0.25, -0.2) is 0 Å². The Morgan fingerprint density at radius 2 is 2.07 bits per heavy atom. The van der Waals surface area contributed by atoms with Crippen LogP contribution in [0.1, 0.15) is 19.8 Å². The van der Waals surface area contributed by atoms with Crippen LogP contribution in [0.3, 0.4) is 0 Å². The zero-order valence-electron chi connectivity index (χ0n) is 9.05. The number of rotatable bonds is 1. The fourth-order valence-electron chi connectivity index (χ4n) is 2.58. The lowest BCUT2D eigenvalue weighted by molar-refractivity contribution is -0.131. The van der Waals surface area contributed by atoms with E-state index < -0.39 is 0 Å². The van der Waals surface area contributed by atoms with Crippen molar-refractivity contribution in [1.82, 2.24) is 15.1 Å². The molecule has 0 aromatic carbocycles. The molecule has 1 spiro atoms. The Morgan fingerprint density at radius 1 is 1.43 bits per heavy atom. The van der Waals surface area contributed by atoms with E-state index >= 15 is 0 Å². The number of likely N-dealkylation sites (N-methyl/N-ethyl adjacent to an activating group) is 1. The van der Waals surface area contributed by atoms with E-state index in [2.05, 4.69) is 24.2 Å². The number of carbonyl (C=O) groups excluding carboxylic acids is 1. The molecule has 1 amide bonds. The minimum Gasteiger partial charge on any atom is -0.323 e. The Morgan fingerprint density at radius 3 is 2.64 bits per heavy atom. The fourth-order valence-corrected chi connectivity index (χ4v) is 2.58. The van der Waals surface area contributed by atoms with Gasteiger partial charge in [-0.05, 0) is 26.8 Å². The summed E-state index contributed by atoms with van der Waals surface area (Å²) in [6.07, 6.45) is 2.12. The Labute approximate surface area is 85.2 Å². The van der Waals surface area contributed by atoms with Crippen LogP contribution in [-0.2, 0) is 4.79 Å². The van der Waals surface area contributed by atoms with Crippen molar-refractivity contribution in [3.8, 4) is 0 Å². The second-order valence-electron chi connectivity index (χ2n) is 4.33. The standard InChI is InChI=1S/C10H19N3O/c1-3-13-9(14)8-11-10(13)4-6-12(2)7-5-10/h11H,3-8H2,1-2H3. The molecule has 4 nitrogen and oxygen atoms in total. The number of likely N-dealkylation sites (tertiary alicyclic amines) is 1. The minimum atomic E-state index is -0.0155. The fraction of sp³-hybridized carbons (Fsp3) is 0.900. The lowest BCUT2D eigenvalue weighted by Crippen LogP contribution is -2.57. The molecule has 2 aliphatic rings. The molecular weight excluding hydrogens is 178 g/mol. The van der Waals surface area contributed by atoms with E-state index in [1.54, 1.807) is 0 Å². The summed E-state index contributed by atoms with van der Waals surface area (Å²) in [5.74, 6) is 0.261. The van der Waals surface area contributed by atoms with Gasteiger partial charge >= 0.3 is 0 Å². The van der Waals surface area contributed by atoms with E-state index in [4.69, 9.17) is 0 Å². The van der Waals surface area contributed by atoms with Gasteiger partial charge < -0.3 is 9.80 Å². The van der Waals surface area contributed by atoms with Crippen molar-refractivity contribution in [2.75, 3.05) is 33.2 Å². The largest absolute Gasteiger partial charge is 0.323 e. The zero-order valence-corrected chi connectivity index (χ0v) is 9.05. The lowest BCUT2D eigenvalue weighted by Gasteiger charge is -2.43. The van der Waals surface area contributed by atoms with Gasteiger partial charge in [0.2, 0.25) is 5.91 Å². The topological polar surface area (TPSA) is 35.6 Å². The number of carbonyl (C=O) groups is 1. The number of piperidine rings is 1. The first-order chi connectivity index (χ1) is 6.68. The molecule has 1 N–H and O–H groups in total. The van der Waals surface area contributed by atoms with Crippen LogP contribution >= 0.6 is 0 Å². The van der Waals surface area contributed by atoms with E-state index in [9.17, 15) is 4.79 Å². The summed E-state index contributed by atoms with van der Waals surface area (Å²) >= 11 is 0. The highest BCUT2D eigenvalue weighted by Crippen LogP contribution is 2.29. The predicted octanol–water partition coefficient (Wildman–Crippen LogP) is -0.140. The molecule has 0 saturated carbocycles. The average molecular weight is 197 g/mol. The van der Waals surface area contributed by atoms with Crippen LogP contribution in [0.5, 0.6) is 0 Å². The van der Waals surface area contributed by atoms with Crippen LogP contribution in [0.25, 0.3) is 0 Å². The molecule has 80 valence electrons. The van der Waals surface area contributed by atoms with Crippen molar-refractivity contribution in [2.24, 2.45) is 0 Å². The lowest BCUT2D eigenvalue weighted by atomic mass is 9.96. The van der Waals surface area contributed by atoms with E-state index in [-0.39, 0.29) is 11.6 Å². The summed E-state index contributed by atoms with van der Waals surface area (Å²) < 4.78 is 0. The second kappa shape index (κ2) is 3.51. The highest BCUT2D eigenvalue weighted by molar-refractivity contribution is 5.81. The van der Waals surface area contributed by atoms with Crippen LogP contribution in [0.2, 0.25) is 0 Å². The Balaban J connectivity index is 2.11. The zero-order chi connectivity index (χ0) is 10.2. The van der Waals surface area contributed by atoms with E-state index in [1.165, 1.54) is 0 Å². The van der Waals surface area contributed by atoms with Crippen LogP contribution in [0.4, 0.5) is 0 Å². The van der Waals surface area contributed by atoms with Gasteiger partial charge in [-0.15, -0.1) is 0 Å². The first-order valence-corrected chi connectivity index (χ1v) is 5.42. The van der Waals surface area contributed by atoms with Crippen LogP contribution < -0.4 is 5.32 Å². The number of amides is 1. The van der Waals surface area contributed by atoms with Crippen molar-refractivity contribution >= 4 is 5.91 Å². The average Bonchev–Trinajstić information content (AvgIpc) is 2.49. The molecule has 4 heteroatoms. The van der Waals surface area contributed by atoms with Crippen LogP contribution in [0, 0.1) is 0 Å². The maximum absolute atomic E-state index is 11.6. The smallest absolute Gasteiger partial charge is 0.238 e. The van der Waals surface area contributed by atoms with Crippen molar-refractivity contribution in [3.63, 3.8) is 0 Å². The highest BCUT2D eigenvalue weighted by Gasteiger charge is 2.45. The van der Waals surface area contributed by atoms with E-state index in [1.807, 2.05) is 4.90 Å². The third kappa shape index (κ3) is 1.42. The SMILES string of the molecule is CCN1C(=O)CNC12CCN(C)CC2. The van der Waals surface area contributed by atoms with Gasteiger partial charge in [0.15, 0.2) is 0 Å². The minimum absolute atomic E-state index is 0.0155. The van der Waals surface area contributed by atoms with Crippen molar-refractivity contribution in [2.45, 2.75) is 25.4 Å². The van der Waals surface area contributed by atoms with Crippen LogP contribution in [0.15, 0.2) is 0 Å². The molecule has 0 bridgehead atoms. The Hall–Kier alpha value is -0.610. The quantitative estimate of drug-likeness (QED) is 0.635. The molecule has 0 aromatic heterocycles. The molecule has 14 heavy (non-hydrogen) atoms. The van der Waals surface area contributed by atoms with Crippen molar-refractivity contribution in [3.05, 3.63) is 0 Å². The molecule has 0 radical (unpaired) electrons. The normalized spacial score (nSPS) is 27.6. The second-order valence-corrected chi connectivity index (χ2v) is 4.33. The molecule has 2 saturated heterocycles. The molecule has 0 aromatic rings.